The van der Waals surface area contributed by atoms with Crippen LogP contribution in [0.4, 0.5) is 0 Å². The van der Waals surface area contributed by atoms with Gasteiger partial charge in [-0.05, 0) is 12.1 Å². The fraction of sp³-hybridized carbons (Fsp3) is 1.00. The Kier molecular flexibility index (Phi) is 10.3. The Morgan fingerprint density at radius 3 is 1.62 bits per heavy atom. The van der Waals surface area contributed by atoms with E-state index in [2.05, 4.69) is 13.8 Å². The maximum absolute atomic E-state index is 5.94. The number of rotatable bonds is 11. The fourth-order valence-electron chi connectivity index (χ4n) is 1.57. The fourth-order valence-corrected chi connectivity index (χ4v) is 4.38. The van der Waals surface area contributed by atoms with Gasteiger partial charge in [-0.2, -0.15) is 0 Å². The molecule has 0 saturated heterocycles. The monoisotopic (exact) mass is 250 g/mol. The summed E-state index contributed by atoms with van der Waals surface area (Å²) >= 11 is 0. The maximum atomic E-state index is 5.94. The molecule has 5 heteroatoms. The molecule has 0 radical (unpaired) electrons. The van der Waals surface area contributed by atoms with Crippen molar-refractivity contribution in [3.05, 3.63) is 0 Å². The van der Waals surface area contributed by atoms with Crippen molar-refractivity contribution < 1.29 is 18.3 Å². The molecule has 98 valence electrons. The predicted octanol–water partition coefficient (Wildman–Crippen LogP) is 2.18. The predicted molar refractivity (Wildman–Crippen MR) is 67.0 cm³/mol. The summed E-state index contributed by atoms with van der Waals surface area (Å²) in [6, 6.07) is 2.02. The molecule has 0 unspecified atom stereocenters. The first-order valence-electron chi connectivity index (χ1n) is 6.00. The molecule has 0 rings (SSSR count). The summed E-state index contributed by atoms with van der Waals surface area (Å²) in [5.41, 5.74) is 0. The maximum Gasteiger partial charge on any atom is 0.338 e. The van der Waals surface area contributed by atoms with E-state index in [0.29, 0.717) is 26.4 Å². The van der Waals surface area contributed by atoms with Crippen LogP contribution in [0.5, 0.6) is 0 Å². The zero-order valence-electron chi connectivity index (χ0n) is 11.1. The highest BCUT2D eigenvalue weighted by Crippen LogP contribution is 2.20. The van der Waals surface area contributed by atoms with E-state index in [1.54, 1.807) is 14.2 Å². The molecule has 0 aliphatic rings. The van der Waals surface area contributed by atoms with Gasteiger partial charge in [-0.15, -0.1) is 0 Å². The highest BCUT2D eigenvalue weighted by molar-refractivity contribution is 6.67. The van der Waals surface area contributed by atoms with Crippen LogP contribution in [-0.4, -0.2) is 49.2 Å². The van der Waals surface area contributed by atoms with E-state index in [-0.39, 0.29) is 0 Å². The topological polar surface area (TPSA) is 36.9 Å². The Morgan fingerprint density at radius 2 is 1.31 bits per heavy atom. The van der Waals surface area contributed by atoms with Gasteiger partial charge < -0.3 is 18.3 Å². The molecule has 0 spiro atoms. The van der Waals surface area contributed by atoms with Gasteiger partial charge in [0.25, 0.3) is 0 Å². The van der Waals surface area contributed by atoms with Crippen molar-refractivity contribution in [3.8, 4) is 0 Å². The number of hydrogen-bond donors (Lipinski definition) is 0. The van der Waals surface area contributed by atoms with Gasteiger partial charge >= 0.3 is 8.56 Å². The molecule has 0 aromatic carbocycles. The van der Waals surface area contributed by atoms with Crippen LogP contribution in [0.25, 0.3) is 0 Å². The van der Waals surface area contributed by atoms with Gasteiger partial charge in [-0.25, -0.2) is 0 Å². The lowest BCUT2D eigenvalue weighted by Gasteiger charge is -2.29. The summed E-state index contributed by atoms with van der Waals surface area (Å²) in [5.74, 6) is 0. The third-order valence-electron chi connectivity index (χ3n) is 2.47. The van der Waals surface area contributed by atoms with Crippen molar-refractivity contribution in [1.82, 2.24) is 0 Å². The lowest BCUT2D eigenvalue weighted by Crippen LogP contribution is -2.43. The van der Waals surface area contributed by atoms with Crippen molar-refractivity contribution in [2.24, 2.45) is 0 Å². The van der Waals surface area contributed by atoms with E-state index in [1.807, 2.05) is 0 Å². The highest BCUT2D eigenvalue weighted by Gasteiger charge is 2.34. The molecule has 16 heavy (non-hydrogen) atoms. The average molecular weight is 250 g/mol. The van der Waals surface area contributed by atoms with Crippen LogP contribution < -0.4 is 0 Å². The minimum absolute atomic E-state index is 0.629. The average Bonchev–Trinajstić information content (AvgIpc) is 2.29. The molecular formula is C11H26O4Si. The molecule has 0 saturated carbocycles. The lowest BCUT2D eigenvalue weighted by atomic mass is 10.6. The molecular weight excluding hydrogens is 224 g/mol. The summed E-state index contributed by atoms with van der Waals surface area (Å²) in [6.07, 6.45) is 1.10. The third kappa shape index (κ3) is 6.60. The van der Waals surface area contributed by atoms with Crippen molar-refractivity contribution in [3.63, 3.8) is 0 Å². The molecule has 0 aromatic heterocycles. The highest BCUT2D eigenvalue weighted by atomic mass is 28.4. The van der Waals surface area contributed by atoms with Crippen molar-refractivity contribution in [2.45, 2.75) is 32.4 Å². The van der Waals surface area contributed by atoms with Crippen LogP contribution in [0.3, 0.4) is 0 Å². The normalized spacial score (nSPS) is 12.0. The quantitative estimate of drug-likeness (QED) is 0.416. The second-order valence-corrected chi connectivity index (χ2v) is 7.30. The zero-order chi connectivity index (χ0) is 12.3. The van der Waals surface area contributed by atoms with Crippen LogP contribution in [0.1, 0.15) is 20.3 Å². The molecule has 4 nitrogen and oxygen atoms in total. The van der Waals surface area contributed by atoms with Crippen molar-refractivity contribution in [1.29, 1.82) is 0 Å². The molecule has 0 N–H and O–H groups in total. The Bertz CT molecular complexity index is 145. The Labute approximate surface area is 100 Å². The Morgan fingerprint density at radius 1 is 0.812 bits per heavy atom. The first-order chi connectivity index (χ1) is 7.74. The largest absolute Gasteiger partial charge is 0.392 e. The van der Waals surface area contributed by atoms with Gasteiger partial charge in [0, 0.05) is 14.2 Å². The minimum atomic E-state index is -2.00. The van der Waals surface area contributed by atoms with Crippen LogP contribution in [0.2, 0.25) is 12.1 Å². The molecule has 0 heterocycles. The van der Waals surface area contributed by atoms with Crippen molar-refractivity contribution in [2.75, 3.05) is 40.6 Å². The standard InChI is InChI=1S/C11H26O4Si/c1-5-11-16(6-2,14-9-7-12-3)15-10-8-13-4/h5-11H2,1-4H3. The first kappa shape index (κ1) is 16.1. The smallest absolute Gasteiger partial charge is 0.338 e. The van der Waals surface area contributed by atoms with Crippen LogP contribution in [0, 0.1) is 0 Å². The van der Waals surface area contributed by atoms with Gasteiger partial charge in [0.1, 0.15) is 0 Å². The molecule has 0 aromatic rings. The van der Waals surface area contributed by atoms with Gasteiger partial charge in [0.2, 0.25) is 0 Å². The molecule has 0 amide bonds. The van der Waals surface area contributed by atoms with E-state index >= 15 is 0 Å². The van der Waals surface area contributed by atoms with E-state index in [1.165, 1.54) is 0 Å². The third-order valence-corrected chi connectivity index (χ3v) is 6.27. The summed E-state index contributed by atoms with van der Waals surface area (Å²) in [6.45, 7) is 6.82. The van der Waals surface area contributed by atoms with Gasteiger partial charge in [0.15, 0.2) is 0 Å². The number of hydrogen-bond acceptors (Lipinski definition) is 4. The number of ether oxygens (including phenoxy) is 2. The van der Waals surface area contributed by atoms with Gasteiger partial charge in [0.05, 0.1) is 26.4 Å². The Hall–Kier alpha value is 0.0569. The second-order valence-electron chi connectivity index (χ2n) is 3.70. The van der Waals surface area contributed by atoms with E-state index in [0.717, 1.165) is 18.5 Å². The summed E-state index contributed by atoms with van der Waals surface area (Å²) in [5, 5.41) is 0. The van der Waals surface area contributed by atoms with Crippen LogP contribution in [0.15, 0.2) is 0 Å². The molecule has 0 aliphatic heterocycles. The van der Waals surface area contributed by atoms with Crippen LogP contribution >= 0.6 is 0 Å². The van der Waals surface area contributed by atoms with E-state index < -0.39 is 8.56 Å². The van der Waals surface area contributed by atoms with E-state index in [9.17, 15) is 0 Å². The summed E-state index contributed by atoms with van der Waals surface area (Å²) in [7, 11) is 1.37. The van der Waals surface area contributed by atoms with Crippen LogP contribution in [-0.2, 0) is 18.3 Å². The number of methoxy groups -OCH3 is 2. The molecule has 0 aliphatic carbocycles. The summed E-state index contributed by atoms with van der Waals surface area (Å²) < 4.78 is 21.9. The van der Waals surface area contributed by atoms with Gasteiger partial charge in [-0.1, -0.05) is 20.3 Å². The van der Waals surface area contributed by atoms with Crippen molar-refractivity contribution >= 4 is 8.56 Å². The lowest BCUT2D eigenvalue weighted by molar-refractivity contribution is 0.0860. The minimum Gasteiger partial charge on any atom is -0.392 e. The molecule has 0 fully saturated rings. The molecule has 0 atom stereocenters. The zero-order valence-corrected chi connectivity index (χ0v) is 12.1. The molecule has 0 bridgehead atoms. The van der Waals surface area contributed by atoms with E-state index in [4.69, 9.17) is 18.3 Å². The SMILES string of the molecule is CCC[Si](CC)(OCCOC)OCCOC. The second kappa shape index (κ2) is 10.2. The van der Waals surface area contributed by atoms with Gasteiger partial charge in [-0.3, -0.25) is 0 Å². The summed E-state index contributed by atoms with van der Waals surface area (Å²) in [4.78, 5) is 0. The first-order valence-corrected chi connectivity index (χ1v) is 8.23. The Balaban J connectivity index is 4.09.